The van der Waals surface area contributed by atoms with Crippen molar-refractivity contribution in [3.05, 3.63) is 29.3 Å². The normalized spacial score (nSPS) is 18.8. The molecule has 1 aromatic carbocycles. The van der Waals surface area contributed by atoms with Crippen LogP contribution >= 0.6 is 0 Å². The van der Waals surface area contributed by atoms with Gasteiger partial charge in [0.15, 0.2) is 0 Å². The molecule has 0 unspecified atom stereocenters. The molecule has 1 aromatic rings. The molecule has 0 bridgehead atoms. The van der Waals surface area contributed by atoms with E-state index >= 15 is 0 Å². The Morgan fingerprint density at radius 1 is 1.20 bits per heavy atom. The molecule has 3 rings (SSSR count). The average Bonchev–Trinajstić information content (AvgIpc) is 3.16. The topological polar surface area (TPSA) is 58.8 Å². The number of benzene rings is 1. The number of aryl methyl sites for hydroxylation is 1. The van der Waals surface area contributed by atoms with Crippen molar-refractivity contribution in [1.82, 2.24) is 4.90 Å². The molecule has 2 N–H and O–H groups in total. The highest BCUT2D eigenvalue weighted by atomic mass is 16.5. The number of likely N-dealkylation sites (tertiary alicyclic amines) is 1. The number of nitrogens with zero attached hydrogens (tertiary/aromatic N) is 2. The zero-order valence-corrected chi connectivity index (χ0v) is 15.4. The van der Waals surface area contributed by atoms with Gasteiger partial charge in [-0.05, 0) is 57.7 Å². The van der Waals surface area contributed by atoms with Crippen molar-refractivity contribution < 1.29 is 9.53 Å². The summed E-state index contributed by atoms with van der Waals surface area (Å²) in [5, 5.41) is 0. The third kappa shape index (κ3) is 4.53. The van der Waals surface area contributed by atoms with Gasteiger partial charge in [0, 0.05) is 38.5 Å². The number of rotatable bonds is 6. The lowest BCUT2D eigenvalue weighted by molar-refractivity contribution is 0.00846. The smallest absolute Gasteiger partial charge is 0.255 e. The van der Waals surface area contributed by atoms with Crippen LogP contribution in [0.3, 0.4) is 0 Å². The number of hydrogen-bond donors (Lipinski definition) is 1. The Hall–Kier alpha value is -1.59. The second kappa shape index (κ2) is 8.68. The first-order valence-corrected chi connectivity index (χ1v) is 9.65. The van der Waals surface area contributed by atoms with Gasteiger partial charge in [-0.25, -0.2) is 0 Å². The summed E-state index contributed by atoms with van der Waals surface area (Å²) < 4.78 is 5.86. The van der Waals surface area contributed by atoms with Crippen molar-refractivity contribution in [2.24, 2.45) is 5.73 Å². The first-order chi connectivity index (χ1) is 12.2. The number of hydrogen-bond acceptors (Lipinski definition) is 4. The molecule has 2 aliphatic rings. The van der Waals surface area contributed by atoms with Gasteiger partial charge in [0.2, 0.25) is 0 Å². The second-order valence-corrected chi connectivity index (χ2v) is 7.22. The quantitative estimate of drug-likeness (QED) is 0.805. The second-order valence-electron chi connectivity index (χ2n) is 7.22. The molecule has 2 saturated heterocycles. The van der Waals surface area contributed by atoms with E-state index in [1.54, 1.807) is 0 Å². The van der Waals surface area contributed by atoms with Crippen LogP contribution < -0.4 is 10.6 Å². The fraction of sp³-hybridized carbons (Fsp3) is 0.650. The molecule has 5 heteroatoms. The van der Waals surface area contributed by atoms with Crippen molar-refractivity contribution in [1.29, 1.82) is 0 Å². The molecule has 2 fully saturated rings. The van der Waals surface area contributed by atoms with Crippen LogP contribution in [0.15, 0.2) is 18.2 Å². The van der Waals surface area contributed by atoms with Crippen molar-refractivity contribution in [2.75, 3.05) is 44.2 Å². The fourth-order valence-corrected chi connectivity index (χ4v) is 3.78. The van der Waals surface area contributed by atoms with E-state index in [4.69, 9.17) is 10.5 Å². The highest BCUT2D eigenvalue weighted by molar-refractivity contribution is 6.00. The molecular formula is C20H31N3O2. The van der Waals surface area contributed by atoms with Crippen molar-refractivity contribution in [3.63, 3.8) is 0 Å². The molecule has 0 saturated carbocycles. The molecule has 2 aliphatic heterocycles. The molecule has 0 spiro atoms. The van der Waals surface area contributed by atoms with Gasteiger partial charge in [-0.15, -0.1) is 0 Å². The van der Waals surface area contributed by atoms with Crippen LogP contribution in [0.1, 0.15) is 48.0 Å². The van der Waals surface area contributed by atoms with Gasteiger partial charge in [-0.1, -0.05) is 11.6 Å². The lowest BCUT2D eigenvalue weighted by Gasteiger charge is -2.33. The van der Waals surface area contributed by atoms with Gasteiger partial charge in [-0.2, -0.15) is 0 Å². The van der Waals surface area contributed by atoms with Gasteiger partial charge >= 0.3 is 0 Å². The summed E-state index contributed by atoms with van der Waals surface area (Å²) in [6, 6.07) is 6.29. The average molecular weight is 345 g/mol. The number of carbonyl (C=O) groups is 1. The maximum atomic E-state index is 13.1. The molecule has 0 aliphatic carbocycles. The molecular weight excluding hydrogens is 314 g/mol. The number of anilines is 1. The Morgan fingerprint density at radius 2 is 1.92 bits per heavy atom. The highest BCUT2D eigenvalue weighted by Crippen LogP contribution is 2.28. The Balaban J connectivity index is 1.64. The third-order valence-corrected chi connectivity index (χ3v) is 5.26. The van der Waals surface area contributed by atoms with Crippen LogP contribution in [0.4, 0.5) is 5.69 Å². The molecule has 0 atom stereocenters. The summed E-state index contributed by atoms with van der Waals surface area (Å²) in [7, 11) is 0. The first kappa shape index (κ1) is 18.2. The standard InChI is InChI=1S/C20H31N3O2/c1-16-5-6-19(22-10-2-3-11-22)18(15-16)20(24)23-12-7-17(8-13-23)25-14-4-9-21/h5-6,15,17H,2-4,7-14,21H2,1H3. The van der Waals surface area contributed by atoms with E-state index in [1.807, 2.05) is 4.90 Å². The zero-order chi connectivity index (χ0) is 17.6. The molecule has 138 valence electrons. The van der Waals surface area contributed by atoms with Crippen LogP contribution in [-0.2, 0) is 4.74 Å². The molecule has 0 aromatic heterocycles. The van der Waals surface area contributed by atoms with Gasteiger partial charge in [0.25, 0.3) is 5.91 Å². The summed E-state index contributed by atoms with van der Waals surface area (Å²) in [6.07, 6.45) is 5.44. The number of nitrogens with two attached hydrogens (primary N) is 1. The Kier molecular flexibility index (Phi) is 6.32. The molecule has 0 radical (unpaired) electrons. The number of ether oxygens (including phenoxy) is 1. The molecule has 2 heterocycles. The lowest BCUT2D eigenvalue weighted by Crippen LogP contribution is -2.41. The van der Waals surface area contributed by atoms with E-state index in [-0.39, 0.29) is 12.0 Å². The maximum absolute atomic E-state index is 13.1. The monoisotopic (exact) mass is 345 g/mol. The summed E-state index contributed by atoms with van der Waals surface area (Å²) in [6.45, 7) is 7.12. The minimum absolute atomic E-state index is 0.172. The van der Waals surface area contributed by atoms with Crippen LogP contribution in [0.2, 0.25) is 0 Å². The predicted molar refractivity (Wildman–Crippen MR) is 101 cm³/mol. The summed E-state index contributed by atoms with van der Waals surface area (Å²) in [5.74, 6) is 0.172. The zero-order valence-electron chi connectivity index (χ0n) is 15.4. The van der Waals surface area contributed by atoms with E-state index in [0.717, 1.165) is 68.9 Å². The summed E-state index contributed by atoms with van der Waals surface area (Å²) in [4.78, 5) is 17.5. The van der Waals surface area contributed by atoms with Crippen LogP contribution in [0.5, 0.6) is 0 Å². The van der Waals surface area contributed by atoms with Gasteiger partial charge in [0.1, 0.15) is 0 Å². The van der Waals surface area contributed by atoms with E-state index in [1.165, 1.54) is 12.8 Å². The van der Waals surface area contributed by atoms with E-state index in [2.05, 4.69) is 30.0 Å². The first-order valence-electron chi connectivity index (χ1n) is 9.65. The van der Waals surface area contributed by atoms with Crippen molar-refractivity contribution in [2.45, 2.75) is 45.1 Å². The number of piperidine rings is 1. The van der Waals surface area contributed by atoms with Crippen LogP contribution in [-0.4, -0.2) is 56.2 Å². The highest BCUT2D eigenvalue weighted by Gasteiger charge is 2.27. The van der Waals surface area contributed by atoms with Crippen LogP contribution in [0, 0.1) is 6.92 Å². The van der Waals surface area contributed by atoms with Gasteiger partial charge in [0.05, 0.1) is 11.7 Å². The minimum atomic E-state index is 0.172. The largest absolute Gasteiger partial charge is 0.378 e. The fourth-order valence-electron chi connectivity index (χ4n) is 3.78. The molecule has 5 nitrogen and oxygen atoms in total. The van der Waals surface area contributed by atoms with Crippen LogP contribution in [0.25, 0.3) is 0 Å². The summed E-state index contributed by atoms with van der Waals surface area (Å²) >= 11 is 0. The minimum Gasteiger partial charge on any atom is -0.378 e. The third-order valence-electron chi connectivity index (χ3n) is 5.26. The van der Waals surface area contributed by atoms with Gasteiger partial charge in [-0.3, -0.25) is 4.79 Å². The summed E-state index contributed by atoms with van der Waals surface area (Å²) in [5.41, 5.74) is 8.63. The lowest BCUT2D eigenvalue weighted by atomic mass is 10.0. The molecule has 1 amide bonds. The Bertz CT molecular complexity index is 576. The maximum Gasteiger partial charge on any atom is 0.255 e. The van der Waals surface area contributed by atoms with Crippen molar-refractivity contribution in [3.8, 4) is 0 Å². The number of amides is 1. The van der Waals surface area contributed by atoms with Crippen molar-refractivity contribution >= 4 is 11.6 Å². The number of carbonyl (C=O) groups excluding carboxylic acids is 1. The Morgan fingerprint density at radius 3 is 2.60 bits per heavy atom. The van der Waals surface area contributed by atoms with Gasteiger partial charge < -0.3 is 20.3 Å². The van der Waals surface area contributed by atoms with E-state index in [0.29, 0.717) is 6.54 Å². The Labute approximate surface area is 151 Å². The van der Waals surface area contributed by atoms with E-state index in [9.17, 15) is 4.79 Å². The molecule has 25 heavy (non-hydrogen) atoms. The predicted octanol–water partition coefficient (Wildman–Crippen LogP) is 2.57. The van der Waals surface area contributed by atoms with E-state index < -0.39 is 0 Å². The SMILES string of the molecule is Cc1ccc(N2CCCC2)c(C(=O)N2CCC(OCCCN)CC2)c1.